The number of anilines is 1. The van der Waals surface area contributed by atoms with Gasteiger partial charge in [-0.2, -0.15) is 14.9 Å². The molecule has 5 nitrogen and oxygen atoms in total. The largest absolute Gasteiger partial charge is 0.292 e. The topological polar surface area (TPSA) is 59.3 Å². The maximum Gasteiger partial charge on any atom is 0.292 e. The summed E-state index contributed by atoms with van der Waals surface area (Å²) in [6.45, 7) is 0. The van der Waals surface area contributed by atoms with Gasteiger partial charge in [-0.1, -0.05) is 41.9 Å². The van der Waals surface area contributed by atoms with Crippen LogP contribution in [0.2, 0.25) is 5.02 Å². The highest BCUT2D eigenvalue weighted by atomic mass is 35.5. The van der Waals surface area contributed by atoms with Crippen molar-refractivity contribution in [2.45, 2.75) is 4.90 Å². The van der Waals surface area contributed by atoms with E-state index in [0.717, 1.165) is 5.56 Å². The van der Waals surface area contributed by atoms with Crippen molar-refractivity contribution in [2.24, 2.45) is 5.10 Å². The molecule has 0 aliphatic heterocycles. The van der Waals surface area contributed by atoms with E-state index in [1.165, 1.54) is 15.8 Å². The minimum atomic E-state index is -0.405. The molecule has 0 saturated heterocycles. The van der Waals surface area contributed by atoms with Gasteiger partial charge in [-0.05, 0) is 36.1 Å². The van der Waals surface area contributed by atoms with Gasteiger partial charge in [0.1, 0.15) is 10.7 Å². The summed E-state index contributed by atoms with van der Waals surface area (Å²) in [5.41, 5.74) is 4.31. The Kier molecular flexibility index (Phi) is 5.53. The smallest absolute Gasteiger partial charge is 0.275 e. The van der Waals surface area contributed by atoms with Gasteiger partial charge in [0.25, 0.3) is 5.56 Å². The van der Waals surface area contributed by atoms with E-state index in [0.29, 0.717) is 11.4 Å². The lowest BCUT2D eigenvalue weighted by Gasteiger charge is -2.07. The van der Waals surface area contributed by atoms with Crippen molar-refractivity contribution in [2.75, 3.05) is 11.7 Å². The lowest BCUT2D eigenvalue weighted by molar-refractivity contribution is 0.808. The first kappa shape index (κ1) is 17.3. The molecule has 2 aromatic carbocycles. The fraction of sp³-hybridized carbons (Fsp3) is 0.0556. The zero-order valence-corrected chi connectivity index (χ0v) is 15.0. The minimum Gasteiger partial charge on any atom is -0.275 e. The van der Waals surface area contributed by atoms with Crippen LogP contribution in [-0.2, 0) is 0 Å². The van der Waals surface area contributed by atoms with Gasteiger partial charge in [0.15, 0.2) is 0 Å². The van der Waals surface area contributed by atoms with Gasteiger partial charge in [0.2, 0.25) is 0 Å². The van der Waals surface area contributed by atoms with Crippen molar-refractivity contribution in [3.63, 3.8) is 0 Å². The number of para-hydroxylation sites is 1. The Bertz CT molecular complexity index is 940. The van der Waals surface area contributed by atoms with E-state index < -0.39 is 5.56 Å². The summed E-state index contributed by atoms with van der Waals surface area (Å²) >= 11 is 7.84. The molecule has 126 valence electrons. The van der Waals surface area contributed by atoms with Crippen LogP contribution in [0.25, 0.3) is 5.69 Å². The highest BCUT2D eigenvalue weighted by Gasteiger charge is 2.09. The number of thioether (sulfide) groups is 1. The lowest BCUT2D eigenvalue weighted by atomic mass is 10.2. The number of benzene rings is 2. The molecule has 3 rings (SSSR count). The Hall–Kier alpha value is -2.57. The Morgan fingerprint density at radius 2 is 1.88 bits per heavy atom. The first-order valence-corrected chi connectivity index (χ1v) is 9.05. The Labute approximate surface area is 154 Å². The molecule has 1 aromatic heterocycles. The molecule has 0 unspecified atom stereocenters. The van der Waals surface area contributed by atoms with Crippen LogP contribution in [0.15, 0.2) is 75.6 Å². The predicted molar refractivity (Wildman–Crippen MR) is 104 cm³/mol. The van der Waals surface area contributed by atoms with Crippen LogP contribution >= 0.6 is 23.4 Å². The SMILES string of the molecule is CSc1ccc(/C=N/Nc2cnn(-c3ccccc3)c(=O)c2Cl)cc1. The first-order valence-electron chi connectivity index (χ1n) is 7.45. The second-order valence-electron chi connectivity index (χ2n) is 5.07. The van der Waals surface area contributed by atoms with Gasteiger partial charge in [0, 0.05) is 4.90 Å². The molecular weight excluding hydrogens is 356 g/mol. The van der Waals surface area contributed by atoms with Crippen LogP contribution < -0.4 is 11.0 Å². The van der Waals surface area contributed by atoms with Gasteiger partial charge < -0.3 is 0 Å². The average molecular weight is 371 g/mol. The van der Waals surface area contributed by atoms with Gasteiger partial charge in [0.05, 0.1) is 18.1 Å². The Morgan fingerprint density at radius 3 is 2.56 bits per heavy atom. The molecule has 0 fully saturated rings. The van der Waals surface area contributed by atoms with E-state index in [1.807, 2.05) is 48.7 Å². The second-order valence-corrected chi connectivity index (χ2v) is 6.33. The predicted octanol–water partition coefficient (Wildman–Crippen LogP) is 4.05. The van der Waals surface area contributed by atoms with Crippen LogP contribution in [0.4, 0.5) is 5.69 Å². The quantitative estimate of drug-likeness (QED) is 0.418. The number of hydrazone groups is 1. The van der Waals surface area contributed by atoms with Gasteiger partial charge in [-0.15, -0.1) is 11.8 Å². The average Bonchev–Trinajstić information content (AvgIpc) is 2.66. The van der Waals surface area contributed by atoms with Crippen molar-refractivity contribution >= 4 is 35.3 Å². The Morgan fingerprint density at radius 1 is 1.16 bits per heavy atom. The van der Waals surface area contributed by atoms with Gasteiger partial charge in [-0.3, -0.25) is 10.2 Å². The maximum atomic E-state index is 12.4. The monoisotopic (exact) mass is 370 g/mol. The van der Waals surface area contributed by atoms with E-state index >= 15 is 0 Å². The van der Waals surface area contributed by atoms with E-state index in [-0.39, 0.29) is 5.02 Å². The summed E-state index contributed by atoms with van der Waals surface area (Å²) < 4.78 is 1.25. The van der Waals surface area contributed by atoms with Crippen LogP contribution in [0.1, 0.15) is 5.56 Å². The molecule has 7 heteroatoms. The summed E-state index contributed by atoms with van der Waals surface area (Å²) in [6.07, 6.45) is 5.16. The fourth-order valence-electron chi connectivity index (χ4n) is 2.13. The fourth-order valence-corrected chi connectivity index (χ4v) is 2.71. The van der Waals surface area contributed by atoms with Gasteiger partial charge >= 0.3 is 0 Å². The summed E-state index contributed by atoms with van der Waals surface area (Å²) in [5.74, 6) is 0. The third-order valence-corrected chi connectivity index (χ3v) is 4.54. The third-order valence-electron chi connectivity index (χ3n) is 3.43. The van der Waals surface area contributed by atoms with Crippen molar-refractivity contribution in [1.29, 1.82) is 0 Å². The first-order chi connectivity index (χ1) is 12.2. The highest BCUT2D eigenvalue weighted by Crippen LogP contribution is 2.17. The molecule has 0 radical (unpaired) electrons. The van der Waals surface area contributed by atoms with Crippen molar-refractivity contribution in [1.82, 2.24) is 9.78 Å². The number of aromatic nitrogens is 2. The highest BCUT2D eigenvalue weighted by molar-refractivity contribution is 7.98. The Balaban J connectivity index is 1.78. The summed E-state index contributed by atoms with van der Waals surface area (Å²) in [7, 11) is 0. The number of hydrogen-bond acceptors (Lipinski definition) is 5. The van der Waals surface area contributed by atoms with Crippen LogP contribution in [0.5, 0.6) is 0 Å². The van der Waals surface area contributed by atoms with Crippen molar-refractivity contribution < 1.29 is 0 Å². The van der Waals surface area contributed by atoms with Crippen LogP contribution in [0, 0.1) is 0 Å². The van der Waals surface area contributed by atoms with E-state index in [1.54, 1.807) is 30.1 Å². The van der Waals surface area contributed by atoms with E-state index in [9.17, 15) is 4.79 Å². The van der Waals surface area contributed by atoms with Crippen LogP contribution in [-0.4, -0.2) is 22.3 Å². The molecule has 0 bridgehead atoms. The lowest BCUT2D eigenvalue weighted by Crippen LogP contribution is -2.22. The molecule has 0 spiro atoms. The standard InChI is InChI=1S/C18H15ClN4OS/c1-25-15-9-7-13(8-10-15)11-20-22-16-12-21-23(18(24)17(16)19)14-5-3-2-4-6-14/h2-12,22H,1H3/b20-11+. The van der Waals surface area contributed by atoms with Crippen molar-refractivity contribution in [3.05, 3.63) is 81.7 Å². The summed E-state index contributed by atoms with van der Waals surface area (Å²) in [4.78, 5) is 13.6. The molecule has 25 heavy (non-hydrogen) atoms. The normalized spacial score (nSPS) is 11.0. The third kappa shape index (κ3) is 4.10. The minimum absolute atomic E-state index is 0.0359. The number of nitrogens with one attached hydrogen (secondary N) is 1. The number of hydrogen-bond donors (Lipinski definition) is 1. The maximum absolute atomic E-state index is 12.4. The van der Waals surface area contributed by atoms with Crippen LogP contribution in [0.3, 0.4) is 0 Å². The molecular formula is C18H15ClN4OS. The molecule has 0 saturated carbocycles. The second kappa shape index (κ2) is 8.00. The van der Waals surface area contributed by atoms with Gasteiger partial charge in [-0.25, -0.2) is 0 Å². The summed E-state index contributed by atoms with van der Waals surface area (Å²) in [6, 6.07) is 17.1. The van der Waals surface area contributed by atoms with E-state index in [4.69, 9.17) is 11.6 Å². The zero-order valence-electron chi connectivity index (χ0n) is 13.4. The number of halogens is 1. The van der Waals surface area contributed by atoms with E-state index in [2.05, 4.69) is 15.6 Å². The molecule has 3 aromatic rings. The number of rotatable bonds is 5. The number of nitrogens with zero attached hydrogens (tertiary/aromatic N) is 3. The molecule has 1 N–H and O–H groups in total. The molecule has 0 aliphatic rings. The molecule has 0 atom stereocenters. The molecule has 0 amide bonds. The van der Waals surface area contributed by atoms with Crippen molar-refractivity contribution in [3.8, 4) is 5.69 Å². The molecule has 0 aliphatic carbocycles. The zero-order chi connectivity index (χ0) is 17.6. The summed E-state index contributed by atoms with van der Waals surface area (Å²) in [5, 5.41) is 8.29. The molecule has 1 heterocycles.